The number of carbonyl (C=O) groups is 1. The molecule has 0 radical (unpaired) electrons. The number of rotatable bonds is 11. The number of carbonyl (C=O) groups excluding carboxylic acids is 1. The second-order valence-electron chi connectivity index (χ2n) is 8.55. The van der Waals surface area contributed by atoms with Crippen molar-refractivity contribution in [2.45, 2.75) is 56.9 Å². The molecule has 0 aliphatic carbocycles. The molecule has 1 saturated heterocycles. The first-order valence-corrected chi connectivity index (χ1v) is 12.8. The molecule has 0 amide bonds. The highest BCUT2D eigenvalue weighted by Gasteiger charge is 2.41. The predicted molar refractivity (Wildman–Crippen MR) is 138 cm³/mol. The van der Waals surface area contributed by atoms with E-state index in [2.05, 4.69) is 0 Å². The second-order valence-corrected chi connectivity index (χ2v) is 9.88. The minimum atomic E-state index is -0.367. The molecule has 1 aliphatic heterocycles. The summed E-state index contributed by atoms with van der Waals surface area (Å²) in [5.41, 5.74) is 2.96. The van der Waals surface area contributed by atoms with Gasteiger partial charge in [0, 0.05) is 13.3 Å². The number of hydrogen-bond acceptors (Lipinski definition) is 6. The summed E-state index contributed by atoms with van der Waals surface area (Å²) in [6.45, 7) is 3.29. The largest absolute Gasteiger partial charge is 0.374 e. The summed E-state index contributed by atoms with van der Waals surface area (Å²) < 4.78 is 25.2. The Kier molecular flexibility index (Phi) is 9.93. The van der Waals surface area contributed by atoms with Crippen molar-refractivity contribution in [3.63, 3.8) is 0 Å². The lowest BCUT2D eigenvalue weighted by Gasteiger charge is -2.41. The summed E-state index contributed by atoms with van der Waals surface area (Å²) in [6, 6.07) is 30.2. The molecular formula is C29H32O5S. The standard InChI is InChI=1S/C29H32O5S/c1-22(30)35-28-17-26(32-19-24-13-7-3-8-14-24)29(33-20-25-15-9-4-10-16-25)27(34-28)21-31-18-23-11-5-2-6-12-23/h2-16,26-29H,17-21H2,1H3/t26-,27-,28-,29+/m1/s1. The van der Waals surface area contributed by atoms with E-state index in [1.807, 2.05) is 91.0 Å². The monoisotopic (exact) mass is 492 g/mol. The van der Waals surface area contributed by atoms with Crippen LogP contribution in [-0.2, 0) is 43.6 Å². The summed E-state index contributed by atoms with van der Waals surface area (Å²) in [6.07, 6.45) is -0.381. The first-order valence-electron chi connectivity index (χ1n) is 11.9. The summed E-state index contributed by atoms with van der Waals surface area (Å²) in [5, 5.41) is 0.0180. The molecule has 3 aromatic rings. The average Bonchev–Trinajstić information content (AvgIpc) is 2.88. The van der Waals surface area contributed by atoms with Gasteiger partial charge in [0.1, 0.15) is 17.6 Å². The molecule has 5 nitrogen and oxygen atoms in total. The number of ether oxygens (including phenoxy) is 4. The molecule has 1 aliphatic rings. The van der Waals surface area contributed by atoms with Crippen molar-refractivity contribution >= 4 is 16.9 Å². The fraction of sp³-hybridized carbons (Fsp3) is 0.345. The number of hydrogen-bond donors (Lipinski definition) is 0. The molecule has 0 aromatic heterocycles. The highest BCUT2D eigenvalue weighted by molar-refractivity contribution is 8.13. The molecule has 0 unspecified atom stereocenters. The van der Waals surface area contributed by atoms with Crippen molar-refractivity contribution in [3.05, 3.63) is 108 Å². The van der Waals surface area contributed by atoms with E-state index < -0.39 is 0 Å². The Bertz CT molecular complexity index is 1020. The maximum Gasteiger partial charge on any atom is 0.188 e. The van der Waals surface area contributed by atoms with Gasteiger partial charge < -0.3 is 18.9 Å². The van der Waals surface area contributed by atoms with Crippen molar-refractivity contribution in [1.29, 1.82) is 0 Å². The van der Waals surface area contributed by atoms with E-state index in [4.69, 9.17) is 18.9 Å². The van der Waals surface area contributed by atoms with Crippen LogP contribution < -0.4 is 0 Å². The fourth-order valence-electron chi connectivity index (χ4n) is 4.08. The van der Waals surface area contributed by atoms with E-state index in [0.29, 0.717) is 32.8 Å². The van der Waals surface area contributed by atoms with Crippen LogP contribution in [0, 0.1) is 0 Å². The molecule has 0 spiro atoms. The van der Waals surface area contributed by atoms with Gasteiger partial charge >= 0.3 is 0 Å². The number of benzene rings is 3. The van der Waals surface area contributed by atoms with Crippen LogP contribution in [0.2, 0.25) is 0 Å². The van der Waals surface area contributed by atoms with Crippen molar-refractivity contribution in [2.75, 3.05) is 6.61 Å². The third-order valence-corrected chi connectivity index (χ3v) is 6.67. The Balaban J connectivity index is 1.48. The van der Waals surface area contributed by atoms with Gasteiger partial charge in [-0.2, -0.15) is 0 Å². The van der Waals surface area contributed by atoms with Gasteiger partial charge in [-0.05, 0) is 16.7 Å². The maximum atomic E-state index is 11.9. The number of thioether (sulfide) groups is 1. The molecule has 0 saturated carbocycles. The quantitative estimate of drug-likeness (QED) is 0.339. The van der Waals surface area contributed by atoms with E-state index >= 15 is 0 Å². The molecule has 3 aromatic carbocycles. The third kappa shape index (κ3) is 8.30. The molecule has 4 rings (SSSR count). The highest BCUT2D eigenvalue weighted by atomic mass is 32.2. The predicted octanol–water partition coefficient (Wildman–Crippen LogP) is 5.77. The van der Waals surface area contributed by atoms with Crippen LogP contribution in [0.5, 0.6) is 0 Å². The summed E-state index contributed by atoms with van der Waals surface area (Å²) in [7, 11) is 0. The molecule has 1 heterocycles. The molecule has 0 N–H and O–H groups in total. The average molecular weight is 493 g/mol. The van der Waals surface area contributed by atoms with E-state index in [0.717, 1.165) is 16.7 Å². The maximum absolute atomic E-state index is 11.9. The van der Waals surface area contributed by atoms with Gasteiger partial charge in [-0.15, -0.1) is 0 Å². The van der Waals surface area contributed by atoms with Crippen molar-refractivity contribution < 1.29 is 23.7 Å². The van der Waals surface area contributed by atoms with Gasteiger partial charge in [0.2, 0.25) is 0 Å². The van der Waals surface area contributed by atoms with E-state index in [1.165, 1.54) is 11.8 Å². The van der Waals surface area contributed by atoms with Crippen molar-refractivity contribution in [2.24, 2.45) is 0 Å². The smallest absolute Gasteiger partial charge is 0.188 e. The van der Waals surface area contributed by atoms with Gasteiger partial charge in [0.05, 0.1) is 32.5 Å². The van der Waals surface area contributed by atoms with E-state index in [9.17, 15) is 4.79 Å². The van der Waals surface area contributed by atoms with Crippen LogP contribution >= 0.6 is 11.8 Å². The van der Waals surface area contributed by atoms with Gasteiger partial charge in [-0.3, -0.25) is 4.79 Å². The molecule has 4 atom stereocenters. The van der Waals surface area contributed by atoms with Crippen LogP contribution in [-0.4, -0.2) is 35.5 Å². The minimum Gasteiger partial charge on any atom is -0.374 e. The van der Waals surface area contributed by atoms with Gasteiger partial charge in [0.25, 0.3) is 0 Å². The molecule has 184 valence electrons. The first kappa shape index (κ1) is 25.6. The van der Waals surface area contributed by atoms with E-state index in [-0.39, 0.29) is 28.9 Å². The topological polar surface area (TPSA) is 54.0 Å². The Morgan fingerprint density at radius 2 is 1.31 bits per heavy atom. The Labute approximate surface area is 211 Å². The molecule has 0 bridgehead atoms. The summed E-state index contributed by atoms with van der Waals surface area (Å²) >= 11 is 1.20. The Hall–Kier alpha value is -2.48. The lowest BCUT2D eigenvalue weighted by Crippen LogP contribution is -2.52. The molecule has 1 fully saturated rings. The third-order valence-electron chi connectivity index (χ3n) is 5.77. The SMILES string of the molecule is CC(=O)S[C@@H]1C[C@@H](OCc2ccccc2)[C@H](OCc2ccccc2)[C@@H](COCc2ccccc2)O1. The molecular weight excluding hydrogens is 460 g/mol. The zero-order valence-corrected chi connectivity index (χ0v) is 20.8. The van der Waals surface area contributed by atoms with Gasteiger partial charge in [-0.1, -0.05) is 103 Å². The normalized spacial score (nSPS) is 22.1. The van der Waals surface area contributed by atoms with Crippen LogP contribution in [0.15, 0.2) is 91.0 Å². The van der Waals surface area contributed by atoms with Crippen LogP contribution in [0.3, 0.4) is 0 Å². The Morgan fingerprint density at radius 1 is 0.800 bits per heavy atom. The van der Waals surface area contributed by atoms with Crippen molar-refractivity contribution in [3.8, 4) is 0 Å². The lowest BCUT2D eigenvalue weighted by molar-refractivity contribution is -0.204. The second kappa shape index (κ2) is 13.6. The molecule has 35 heavy (non-hydrogen) atoms. The highest BCUT2D eigenvalue weighted by Crippen LogP contribution is 2.33. The van der Waals surface area contributed by atoms with Crippen molar-refractivity contribution in [1.82, 2.24) is 0 Å². The lowest BCUT2D eigenvalue weighted by atomic mass is 10.0. The Morgan fingerprint density at radius 3 is 1.86 bits per heavy atom. The van der Waals surface area contributed by atoms with Gasteiger partial charge in [-0.25, -0.2) is 0 Å². The summed E-state index contributed by atoms with van der Waals surface area (Å²) in [4.78, 5) is 11.9. The van der Waals surface area contributed by atoms with E-state index in [1.54, 1.807) is 6.92 Å². The summed E-state index contributed by atoms with van der Waals surface area (Å²) in [5.74, 6) is 0. The van der Waals surface area contributed by atoms with Gasteiger partial charge in [0.15, 0.2) is 5.12 Å². The van der Waals surface area contributed by atoms with Crippen LogP contribution in [0.25, 0.3) is 0 Å². The molecule has 6 heteroatoms. The zero-order valence-electron chi connectivity index (χ0n) is 20.0. The fourth-order valence-corrected chi connectivity index (χ4v) is 4.93. The van der Waals surface area contributed by atoms with Crippen LogP contribution in [0.1, 0.15) is 30.0 Å². The zero-order chi connectivity index (χ0) is 24.3. The first-order chi connectivity index (χ1) is 17.2. The minimum absolute atomic E-state index is 0.0180. The van der Waals surface area contributed by atoms with Crippen LogP contribution in [0.4, 0.5) is 0 Å².